The first-order valence-electron chi connectivity index (χ1n) is 5.75. The molecule has 0 amide bonds. The number of ether oxygens (including phenoxy) is 1. The van der Waals surface area contributed by atoms with Gasteiger partial charge < -0.3 is 15.8 Å². The number of anilines is 2. The summed E-state index contributed by atoms with van der Waals surface area (Å²) in [6, 6.07) is 4.05. The third-order valence-corrected chi connectivity index (χ3v) is 4.28. The van der Waals surface area contributed by atoms with Gasteiger partial charge in [0.15, 0.2) is 0 Å². The molecule has 0 spiro atoms. The van der Waals surface area contributed by atoms with E-state index in [4.69, 9.17) is 21.0 Å². The van der Waals surface area contributed by atoms with Gasteiger partial charge in [-0.05, 0) is 13.3 Å². The normalized spacial score (nSPS) is 22.4. The van der Waals surface area contributed by atoms with E-state index in [2.05, 4.69) is 5.32 Å². The Morgan fingerprint density at radius 2 is 2.28 bits per heavy atom. The molecule has 0 saturated carbocycles. The van der Waals surface area contributed by atoms with Crippen molar-refractivity contribution in [1.82, 2.24) is 0 Å². The van der Waals surface area contributed by atoms with Crippen LogP contribution in [0.5, 0.6) is 0 Å². The van der Waals surface area contributed by atoms with Crippen molar-refractivity contribution in [2.75, 3.05) is 24.2 Å². The molecule has 0 aromatic carbocycles. The van der Waals surface area contributed by atoms with Crippen molar-refractivity contribution in [2.45, 2.75) is 19.4 Å². The van der Waals surface area contributed by atoms with E-state index in [0.717, 1.165) is 19.6 Å². The predicted molar refractivity (Wildman–Crippen MR) is 70.2 cm³/mol. The minimum absolute atomic E-state index is 0.232. The Morgan fingerprint density at radius 3 is 2.83 bits per heavy atom. The quantitative estimate of drug-likeness (QED) is 0.867. The summed E-state index contributed by atoms with van der Waals surface area (Å²) in [5.41, 5.74) is 6.40. The zero-order valence-electron chi connectivity index (χ0n) is 10.1. The van der Waals surface area contributed by atoms with Crippen molar-refractivity contribution >= 4 is 22.0 Å². The minimum atomic E-state index is 0.232. The van der Waals surface area contributed by atoms with Gasteiger partial charge in [-0.25, -0.2) is 0 Å². The molecule has 2 rings (SSSR count). The number of hydrogen-bond acceptors (Lipinski definition) is 6. The zero-order chi connectivity index (χ0) is 13.1. The second-order valence-corrected chi connectivity index (χ2v) is 5.30. The van der Waals surface area contributed by atoms with Gasteiger partial charge in [0.05, 0.1) is 11.8 Å². The SMILES string of the molecule is CC1OCCC1CNc1sc(C#N)c(N)c1C#N. The van der Waals surface area contributed by atoms with Gasteiger partial charge in [0.25, 0.3) is 0 Å². The molecule has 1 fully saturated rings. The Bertz CT molecular complexity index is 525. The van der Waals surface area contributed by atoms with Crippen LogP contribution >= 0.6 is 11.3 Å². The lowest BCUT2D eigenvalue weighted by atomic mass is 10.0. The third-order valence-electron chi connectivity index (χ3n) is 3.22. The van der Waals surface area contributed by atoms with Crippen LogP contribution in [0.15, 0.2) is 0 Å². The molecule has 1 aromatic rings. The Hall–Kier alpha value is -1.76. The van der Waals surface area contributed by atoms with Crippen LogP contribution in [0.4, 0.5) is 10.7 Å². The van der Waals surface area contributed by atoms with Gasteiger partial charge in [-0.3, -0.25) is 0 Å². The number of nitrogens with two attached hydrogens (primary N) is 1. The van der Waals surface area contributed by atoms with Crippen molar-refractivity contribution in [2.24, 2.45) is 5.92 Å². The van der Waals surface area contributed by atoms with Crippen molar-refractivity contribution in [1.29, 1.82) is 10.5 Å². The van der Waals surface area contributed by atoms with Crippen LogP contribution in [-0.2, 0) is 4.74 Å². The molecular weight excluding hydrogens is 248 g/mol. The van der Waals surface area contributed by atoms with Crippen molar-refractivity contribution < 1.29 is 4.74 Å². The van der Waals surface area contributed by atoms with Gasteiger partial charge in [0, 0.05) is 19.1 Å². The first kappa shape index (κ1) is 12.7. The molecule has 6 heteroatoms. The van der Waals surface area contributed by atoms with Gasteiger partial charge in [-0.15, -0.1) is 11.3 Å². The van der Waals surface area contributed by atoms with Gasteiger partial charge in [0.1, 0.15) is 27.6 Å². The summed E-state index contributed by atoms with van der Waals surface area (Å²) in [5, 5.41) is 21.9. The van der Waals surface area contributed by atoms with E-state index < -0.39 is 0 Å². The molecule has 0 radical (unpaired) electrons. The monoisotopic (exact) mass is 262 g/mol. The zero-order valence-corrected chi connectivity index (χ0v) is 10.9. The lowest BCUT2D eigenvalue weighted by molar-refractivity contribution is 0.108. The van der Waals surface area contributed by atoms with Crippen LogP contribution in [0, 0.1) is 28.6 Å². The Morgan fingerprint density at radius 1 is 1.50 bits per heavy atom. The number of thiophene rings is 1. The number of nitrogen functional groups attached to an aromatic ring is 1. The van der Waals surface area contributed by atoms with Crippen LogP contribution in [-0.4, -0.2) is 19.3 Å². The predicted octanol–water partition coefficient (Wildman–Crippen LogP) is 1.91. The minimum Gasteiger partial charge on any atom is -0.396 e. The first-order valence-corrected chi connectivity index (χ1v) is 6.57. The highest BCUT2D eigenvalue weighted by molar-refractivity contribution is 7.17. The van der Waals surface area contributed by atoms with Crippen molar-refractivity contribution in [3.63, 3.8) is 0 Å². The molecule has 5 nitrogen and oxygen atoms in total. The average molecular weight is 262 g/mol. The fourth-order valence-corrected chi connectivity index (χ4v) is 2.91. The third kappa shape index (κ3) is 2.26. The standard InChI is InChI=1S/C12H14N4OS/c1-7-8(2-3-17-7)6-16-12-9(4-13)11(15)10(5-14)18-12/h7-8,16H,2-3,6,15H2,1H3. The largest absolute Gasteiger partial charge is 0.396 e. The van der Waals surface area contributed by atoms with Gasteiger partial charge in [-0.1, -0.05) is 0 Å². The van der Waals surface area contributed by atoms with Crippen molar-refractivity contribution in [3.8, 4) is 12.1 Å². The second-order valence-electron chi connectivity index (χ2n) is 4.28. The molecule has 1 aromatic heterocycles. The highest BCUT2D eigenvalue weighted by Crippen LogP contribution is 2.35. The lowest BCUT2D eigenvalue weighted by Crippen LogP contribution is -2.20. The number of rotatable bonds is 3. The van der Waals surface area contributed by atoms with E-state index >= 15 is 0 Å². The Labute approximate surface area is 110 Å². The fraction of sp³-hybridized carbons (Fsp3) is 0.500. The van der Waals surface area contributed by atoms with Crippen LogP contribution < -0.4 is 11.1 Å². The number of hydrogen-bond donors (Lipinski definition) is 2. The Kier molecular flexibility index (Phi) is 3.71. The molecule has 1 aliphatic rings. The highest BCUT2D eigenvalue weighted by Gasteiger charge is 2.25. The molecule has 0 aliphatic carbocycles. The molecule has 94 valence electrons. The topological polar surface area (TPSA) is 94.9 Å². The maximum absolute atomic E-state index is 9.05. The molecule has 2 heterocycles. The fourth-order valence-electron chi connectivity index (χ4n) is 2.03. The summed E-state index contributed by atoms with van der Waals surface area (Å²) in [7, 11) is 0. The molecule has 1 aliphatic heterocycles. The summed E-state index contributed by atoms with van der Waals surface area (Å²) in [5.74, 6) is 0.436. The van der Waals surface area contributed by atoms with Gasteiger partial charge in [0.2, 0.25) is 0 Å². The summed E-state index contributed by atoms with van der Waals surface area (Å²) in [6.45, 7) is 3.57. The average Bonchev–Trinajstić information content (AvgIpc) is 2.90. The van der Waals surface area contributed by atoms with Crippen LogP contribution in [0.2, 0.25) is 0 Å². The molecule has 18 heavy (non-hydrogen) atoms. The summed E-state index contributed by atoms with van der Waals surface area (Å²) < 4.78 is 5.48. The Balaban J connectivity index is 2.10. The molecule has 0 bridgehead atoms. The molecule has 2 unspecified atom stereocenters. The summed E-state index contributed by atoms with van der Waals surface area (Å²) in [4.78, 5) is 0.393. The van der Waals surface area contributed by atoms with Gasteiger partial charge >= 0.3 is 0 Å². The lowest BCUT2D eigenvalue weighted by Gasteiger charge is -2.14. The smallest absolute Gasteiger partial charge is 0.131 e. The first-order chi connectivity index (χ1) is 8.67. The van der Waals surface area contributed by atoms with E-state index in [1.807, 2.05) is 19.1 Å². The molecule has 1 saturated heterocycles. The van der Waals surface area contributed by atoms with E-state index in [-0.39, 0.29) is 11.8 Å². The molecule has 3 N–H and O–H groups in total. The second kappa shape index (κ2) is 5.26. The van der Waals surface area contributed by atoms with E-state index in [9.17, 15) is 0 Å². The molecule has 2 atom stereocenters. The van der Waals surface area contributed by atoms with Crippen LogP contribution in [0.1, 0.15) is 23.8 Å². The van der Waals surface area contributed by atoms with Crippen molar-refractivity contribution in [3.05, 3.63) is 10.4 Å². The maximum Gasteiger partial charge on any atom is 0.131 e. The van der Waals surface area contributed by atoms with Crippen LogP contribution in [0.3, 0.4) is 0 Å². The highest BCUT2D eigenvalue weighted by atomic mass is 32.1. The maximum atomic E-state index is 9.05. The summed E-state index contributed by atoms with van der Waals surface area (Å²) in [6.07, 6.45) is 1.25. The van der Waals surface area contributed by atoms with E-state index in [1.165, 1.54) is 11.3 Å². The number of nitriles is 2. The van der Waals surface area contributed by atoms with Crippen LogP contribution in [0.25, 0.3) is 0 Å². The van der Waals surface area contributed by atoms with Gasteiger partial charge in [-0.2, -0.15) is 10.5 Å². The number of nitrogens with one attached hydrogen (secondary N) is 1. The number of nitrogens with zero attached hydrogens (tertiary/aromatic N) is 2. The van der Waals surface area contributed by atoms with E-state index in [1.54, 1.807) is 0 Å². The summed E-state index contributed by atoms with van der Waals surface area (Å²) >= 11 is 1.23. The van der Waals surface area contributed by atoms with E-state index in [0.29, 0.717) is 21.4 Å². The molecular formula is C12H14N4OS.